The molecule has 5 nitrogen and oxygen atoms in total. The predicted molar refractivity (Wildman–Crippen MR) is 90.0 cm³/mol. The molecule has 1 saturated carbocycles. The fourth-order valence-electron chi connectivity index (χ4n) is 2.97. The first kappa shape index (κ1) is 18.4. The van der Waals surface area contributed by atoms with Gasteiger partial charge in [0.2, 0.25) is 11.8 Å². The number of nitrogens with one attached hydrogen (secondary N) is 2. The van der Waals surface area contributed by atoms with Gasteiger partial charge in [-0.05, 0) is 56.4 Å². The van der Waals surface area contributed by atoms with Crippen LogP contribution in [0.4, 0.5) is 10.1 Å². The van der Waals surface area contributed by atoms with E-state index >= 15 is 0 Å². The van der Waals surface area contributed by atoms with Crippen LogP contribution in [0.5, 0.6) is 0 Å². The van der Waals surface area contributed by atoms with Crippen LogP contribution < -0.4 is 10.6 Å². The molecule has 0 saturated heterocycles. The van der Waals surface area contributed by atoms with Crippen LogP contribution in [0.2, 0.25) is 0 Å². The highest BCUT2D eigenvalue weighted by molar-refractivity contribution is 5.92. The highest BCUT2D eigenvalue weighted by Gasteiger charge is 2.29. The molecule has 0 atom stereocenters. The maximum Gasteiger partial charge on any atom is 0.227 e. The van der Waals surface area contributed by atoms with Crippen molar-refractivity contribution >= 4 is 17.5 Å². The third-order valence-electron chi connectivity index (χ3n) is 4.40. The molecule has 1 aromatic carbocycles. The third-order valence-corrected chi connectivity index (χ3v) is 4.40. The molecular formula is C18H25FN2O3. The Morgan fingerprint density at radius 3 is 2.25 bits per heavy atom. The van der Waals surface area contributed by atoms with E-state index in [0.717, 1.165) is 19.3 Å². The Bertz CT molecular complexity index is 540. The molecule has 0 unspecified atom stereocenters. The molecule has 1 fully saturated rings. The van der Waals surface area contributed by atoms with Crippen molar-refractivity contribution in [2.75, 3.05) is 25.6 Å². The van der Waals surface area contributed by atoms with Crippen LogP contribution in [0.25, 0.3) is 0 Å². The molecule has 0 heterocycles. The maximum atomic E-state index is 12.9. The summed E-state index contributed by atoms with van der Waals surface area (Å²) in [7, 11) is 1.64. The van der Waals surface area contributed by atoms with E-state index in [1.807, 2.05) is 0 Å². The van der Waals surface area contributed by atoms with Gasteiger partial charge in [-0.15, -0.1) is 0 Å². The lowest BCUT2D eigenvalue weighted by Gasteiger charge is -2.27. The highest BCUT2D eigenvalue weighted by atomic mass is 19.1. The summed E-state index contributed by atoms with van der Waals surface area (Å²) in [5.41, 5.74) is 0.597. The number of halogens is 1. The number of anilines is 1. The SMILES string of the molecule is COCCCNC(=O)C1CCC(C(=O)Nc2ccc(F)cc2)CC1. The number of carbonyl (C=O) groups is 2. The maximum absolute atomic E-state index is 12.9. The summed E-state index contributed by atoms with van der Waals surface area (Å²) < 4.78 is 17.8. The molecule has 24 heavy (non-hydrogen) atoms. The van der Waals surface area contributed by atoms with E-state index in [0.29, 0.717) is 31.7 Å². The molecule has 2 N–H and O–H groups in total. The van der Waals surface area contributed by atoms with Gasteiger partial charge in [-0.25, -0.2) is 4.39 Å². The molecule has 132 valence electrons. The molecule has 0 spiro atoms. The fourth-order valence-corrected chi connectivity index (χ4v) is 2.97. The fraction of sp³-hybridized carbons (Fsp3) is 0.556. The van der Waals surface area contributed by atoms with Gasteiger partial charge in [0.05, 0.1) is 0 Å². The lowest BCUT2D eigenvalue weighted by molar-refractivity contribution is -0.128. The van der Waals surface area contributed by atoms with Gasteiger partial charge in [0.1, 0.15) is 5.82 Å². The summed E-state index contributed by atoms with van der Waals surface area (Å²) in [6.07, 6.45) is 3.64. The zero-order valence-electron chi connectivity index (χ0n) is 14.0. The van der Waals surface area contributed by atoms with Gasteiger partial charge in [0.25, 0.3) is 0 Å². The van der Waals surface area contributed by atoms with Crippen LogP contribution in [0.3, 0.4) is 0 Å². The molecule has 2 amide bonds. The quantitative estimate of drug-likeness (QED) is 0.752. The average molecular weight is 336 g/mol. The Hall–Kier alpha value is -1.95. The Kier molecular flexibility index (Phi) is 7.18. The predicted octanol–water partition coefficient (Wildman–Crippen LogP) is 2.72. The van der Waals surface area contributed by atoms with Gasteiger partial charge < -0.3 is 15.4 Å². The summed E-state index contributed by atoms with van der Waals surface area (Å²) in [5.74, 6) is -0.413. The van der Waals surface area contributed by atoms with Gasteiger partial charge in [0, 0.05) is 37.8 Å². The lowest BCUT2D eigenvalue weighted by Crippen LogP contribution is -2.36. The average Bonchev–Trinajstić information content (AvgIpc) is 2.60. The van der Waals surface area contributed by atoms with Crippen LogP contribution in [-0.4, -0.2) is 32.1 Å². The molecular weight excluding hydrogens is 311 g/mol. The number of benzene rings is 1. The smallest absolute Gasteiger partial charge is 0.227 e. The zero-order chi connectivity index (χ0) is 17.4. The Labute approximate surface area is 142 Å². The van der Waals surface area contributed by atoms with E-state index in [1.54, 1.807) is 19.2 Å². The Morgan fingerprint density at radius 1 is 1.08 bits per heavy atom. The third kappa shape index (κ3) is 5.60. The highest BCUT2D eigenvalue weighted by Crippen LogP contribution is 2.29. The van der Waals surface area contributed by atoms with E-state index in [1.165, 1.54) is 12.1 Å². The van der Waals surface area contributed by atoms with Crippen molar-refractivity contribution in [2.24, 2.45) is 11.8 Å². The zero-order valence-corrected chi connectivity index (χ0v) is 14.0. The second-order valence-corrected chi connectivity index (χ2v) is 6.18. The topological polar surface area (TPSA) is 67.4 Å². The summed E-state index contributed by atoms with van der Waals surface area (Å²) in [6, 6.07) is 5.74. The minimum absolute atomic E-state index is 0.0117. The van der Waals surface area contributed by atoms with Crippen molar-refractivity contribution in [1.29, 1.82) is 0 Å². The number of hydrogen-bond acceptors (Lipinski definition) is 3. The first-order chi connectivity index (χ1) is 11.6. The van der Waals surface area contributed by atoms with E-state index in [-0.39, 0.29) is 29.5 Å². The molecule has 1 aromatic rings. The minimum Gasteiger partial charge on any atom is -0.385 e. The van der Waals surface area contributed by atoms with E-state index in [4.69, 9.17) is 4.74 Å². The second-order valence-electron chi connectivity index (χ2n) is 6.18. The molecule has 1 aliphatic rings. The molecule has 6 heteroatoms. The first-order valence-corrected chi connectivity index (χ1v) is 8.43. The number of rotatable bonds is 7. The monoisotopic (exact) mass is 336 g/mol. The second kappa shape index (κ2) is 9.37. The van der Waals surface area contributed by atoms with Gasteiger partial charge >= 0.3 is 0 Å². The number of methoxy groups -OCH3 is 1. The van der Waals surface area contributed by atoms with Crippen molar-refractivity contribution in [2.45, 2.75) is 32.1 Å². The number of hydrogen-bond donors (Lipinski definition) is 2. The van der Waals surface area contributed by atoms with Crippen LogP contribution in [0.1, 0.15) is 32.1 Å². The Morgan fingerprint density at radius 2 is 1.67 bits per heavy atom. The lowest BCUT2D eigenvalue weighted by atomic mass is 9.81. The molecule has 0 aromatic heterocycles. The van der Waals surface area contributed by atoms with E-state index in [2.05, 4.69) is 10.6 Å². The summed E-state index contributed by atoms with van der Waals surface area (Å²) in [4.78, 5) is 24.3. The number of amides is 2. The molecule has 0 aliphatic heterocycles. The Balaban J connectivity index is 1.72. The van der Waals surface area contributed by atoms with E-state index in [9.17, 15) is 14.0 Å². The van der Waals surface area contributed by atoms with Gasteiger partial charge in [-0.2, -0.15) is 0 Å². The van der Waals surface area contributed by atoms with Crippen molar-refractivity contribution in [3.05, 3.63) is 30.1 Å². The normalized spacial score (nSPS) is 20.4. The first-order valence-electron chi connectivity index (χ1n) is 8.43. The summed E-state index contributed by atoms with van der Waals surface area (Å²) >= 11 is 0. The van der Waals surface area contributed by atoms with Gasteiger partial charge in [-0.1, -0.05) is 0 Å². The minimum atomic E-state index is -0.329. The number of ether oxygens (including phenoxy) is 1. The van der Waals surface area contributed by atoms with E-state index < -0.39 is 0 Å². The van der Waals surface area contributed by atoms with Crippen LogP contribution in [0.15, 0.2) is 24.3 Å². The van der Waals surface area contributed by atoms with Crippen molar-refractivity contribution in [3.63, 3.8) is 0 Å². The standard InChI is InChI=1S/C18H25FN2O3/c1-24-12-2-11-20-17(22)13-3-5-14(6-4-13)18(23)21-16-9-7-15(19)8-10-16/h7-10,13-14H,2-6,11-12H2,1H3,(H,20,22)(H,21,23). The van der Waals surface area contributed by atoms with Crippen molar-refractivity contribution in [1.82, 2.24) is 5.32 Å². The summed E-state index contributed by atoms with van der Waals surface area (Å²) in [5, 5.41) is 5.73. The largest absolute Gasteiger partial charge is 0.385 e. The van der Waals surface area contributed by atoms with Crippen LogP contribution in [0, 0.1) is 17.7 Å². The van der Waals surface area contributed by atoms with Crippen molar-refractivity contribution < 1.29 is 18.7 Å². The van der Waals surface area contributed by atoms with Gasteiger partial charge in [0.15, 0.2) is 0 Å². The van der Waals surface area contributed by atoms with Gasteiger partial charge in [-0.3, -0.25) is 9.59 Å². The molecule has 2 rings (SSSR count). The molecule has 0 radical (unpaired) electrons. The van der Waals surface area contributed by atoms with Crippen LogP contribution >= 0.6 is 0 Å². The molecule has 0 bridgehead atoms. The molecule has 1 aliphatic carbocycles. The number of carbonyl (C=O) groups excluding carboxylic acids is 2. The van der Waals surface area contributed by atoms with Crippen molar-refractivity contribution in [3.8, 4) is 0 Å². The van der Waals surface area contributed by atoms with Crippen LogP contribution in [-0.2, 0) is 14.3 Å². The summed E-state index contributed by atoms with van der Waals surface area (Å²) in [6.45, 7) is 1.26.